The van der Waals surface area contributed by atoms with Crippen LogP contribution in [0.3, 0.4) is 0 Å². The van der Waals surface area contributed by atoms with Gasteiger partial charge in [-0.2, -0.15) is 0 Å². The second-order valence-electron chi connectivity index (χ2n) is 8.65. The summed E-state index contributed by atoms with van der Waals surface area (Å²) in [5.41, 5.74) is 1.71. The first-order chi connectivity index (χ1) is 14.8. The van der Waals surface area contributed by atoms with Gasteiger partial charge in [0.25, 0.3) is 5.91 Å². The van der Waals surface area contributed by atoms with E-state index in [-0.39, 0.29) is 12.3 Å². The number of carbonyl (C=O) groups excluding carboxylic acids is 3. The van der Waals surface area contributed by atoms with Gasteiger partial charge in [-0.25, -0.2) is 9.18 Å². The van der Waals surface area contributed by atoms with Crippen molar-refractivity contribution in [2.45, 2.75) is 64.5 Å². The van der Waals surface area contributed by atoms with E-state index >= 15 is 0 Å². The third-order valence-electron chi connectivity index (χ3n) is 6.42. The molecule has 7 heteroatoms. The number of unbranched alkanes of at least 4 members (excludes halogenated alkanes) is 1. The Balaban J connectivity index is 1.61. The van der Waals surface area contributed by atoms with Gasteiger partial charge in [-0.05, 0) is 56.9 Å². The van der Waals surface area contributed by atoms with Crippen molar-refractivity contribution in [2.24, 2.45) is 0 Å². The minimum Gasteiger partial charge on any atom is -0.345 e. The summed E-state index contributed by atoms with van der Waals surface area (Å²) in [4.78, 5) is 40.4. The third-order valence-corrected chi connectivity index (χ3v) is 6.42. The van der Waals surface area contributed by atoms with Crippen molar-refractivity contribution in [3.8, 4) is 0 Å². The maximum atomic E-state index is 13.5. The molecule has 2 aromatic rings. The number of halogens is 1. The van der Waals surface area contributed by atoms with Crippen LogP contribution >= 0.6 is 0 Å². The number of hydrogen-bond donors (Lipinski definition) is 1. The van der Waals surface area contributed by atoms with Gasteiger partial charge in [0, 0.05) is 23.0 Å². The zero-order valence-electron chi connectivity index (χ0n) is 18.2. The highest BCUT2D eigenvalue weighted by Gasteiger charge is 2.52. The lowest BCUT2D eigenvalue weighted by Gasteiger charge is -2.27. The second kappa shape index (κ2) is 7.94. The highest BCUT2D eigenvalue weighted by molar-refractivity contribution is 6.11. The zero-order chi connectivity index (χ0) is 22.3. The van der Waals surface area contributed by atoms with Crippen LogP contribution in [0, 0.1) is 19.7 Å². The Kier molecular flexibility index (Phi) is 5.45. The molecule has 1 saturated heterocycles. The van der Waals surface area contributed by atoms with Gasteiger partial charge in [0.2, 0.25) is 0 Å². The first-order valence-electron chi connectivity index (χ1n) is 10.9. The smallest absolute Gasteiger partial charge is 0.325 e. The van der Waals surface area contributed by atoms with Crippen molar-refractivity contribution >= 4 is 17.7 Å². The Morgan fingerprint density at radius 3 is 2.48 bits per heavy atom. The van der Waals surface area contributed by atoms with E-state index in [1.54, 1.807) is 0 Å². The molecule has 3 amide bonds. The fourth-order valence-corrected chi connectivity index (χ4v) is 4.64. The lowest BCUT2D eigenvalue weighted by Crippen LogP contribution is -2.44. The Morgan fingerprint density at radius 2 is 1.87 bits per heavy atom. The molecule has 2 aliphatic rings. The Bertz CT molecular complexity index is 1040. The Labute approximate surface area is 181 Å². The SMILES string of the molecule is CCCC[C@@]1(c2ccc(F)cc2)NC(=O)N(CC(=O)c2cc(C)n(C3CC3)c2C)C1=O. The van der Waals surface area contributed by atoms with E-state index < -0.39 is 23.3 Å². The zero-order valence-corrected chi connectivity index (χ0v) is 18.2. The molecule has 2 fully saturated rings. The third kappa shape index (κ3) is 3.66. The number of amides is 3. The minimum atomic E-state index is -1.27. The molecule has 1 N–H and O–H groups in total. The molecule has 164 valence electrons. The maximum absolute atomic E-state index is 13.5. The van der Waals surface area contributed by atoms with E-state index in [4.69, 9.17) is 0 Å². The van der Waals surface area contributed by atoms with Gasteiger partial charge in [-0.3, -0.25) is 14.5 Å². The number of nitrogens with one attached hydrogen (secondary N) is 1. The number of imide groups is 1. The number of rotatable bonds is 8. The van der Waals surface area contributed by atoms with Crippen LogP contribution in [0.5, 0.6) is 0 Å². The summed E-state index contributed by atoms with van der Waals surface area (Å²) in [6.07, 6.45) is 4.13. The predicted molar refractivity (Wildman–Crippen MR) is 114 cm³/mol. The largest absolute Gasteiger partial charge is 0.345 e. The van der Waals surface area contributed by atoms with E-state index in [1.807, 2.05) is 26.8 Å². The molecule has 0 radical (unpaired) electrons. The molecule has 1 aromatic carbocycles. The first-order valence-corrected chi connectivity index (χ1v) is 10.9. The molecular weight excluding hydrogens is 397 g/mol. The fourth-order valence-electron chi connectivity index (χ4n) is 4.64. The molecule has 1 aliphatic heterocycles. The molecule has 0 spiro atoms. The standard InChI is InChI=1S/C24H28FN3O3/c1-4-5-12-24(17-6-8-18(25)9-7-17)22(30)27(23(31)26-24)14-21(29)20-13-15(2)28(16(20)3)19-10-11-19/h6-9,13,19H,4-5,10-12,14H2,1-3H3,(H,26,31)/t24-/m0/s1. The quantitative estimate of drug-likeness (QED) is 0.503. The lowest BCUT2D eigenvalue weighted by atomic mass is 9.84. The minimum absolute atomic E-state index is 0.256. The molecule has 0 bridgehead atoms. The summed E-state index contributed by atoms with van der Waals surface area (Å²) in [5, 5.41) is 2.81. The van der Waals surface area contributed by atoms with Gasteiger partial charge in [0.05, 0.1) is 6.54 Å². The molecule has 1 saturated carbocycles. The van der Waals surface area contributed by atoms with E-state index in [2.05, 4.69) is 9.88 Å². The van der Waals surface area contributed by atoms with Crippen molar-refractivity contribution in [3.63, 3.8) is 0 Å². The van der Waals surface area contributed by atoms with Crippen LogP contribution < -0.4 is 5.32 Å². The number of urea groups is 1. The highest BCUT2D eigenvalue weighted by atomic mass is 19.1. The second-order valence-corrected chi connectivity index (χ2v) is 8.65. The molecule has 31 heavy (non-hydrogen) atoms. The molecule has 1 atom stereocenters. The number of Topliss-reactive ketones (excluding diaryl/α,β-unsaturated/α-hetero) is 1. The van der Waals surface area contributed by atoms with Gasteiger partial charge >= 0.3 is 6.03 Å². The topological polar surface area (TPSA) is 71.4 Å². The normalized spacial score (nSPS) is 21.0. The number of nitrogens with zero attached hydrogens (tertiary/aromatic N) is 2. The average molecular weight is 426 g/mol. The molecule has 1 aromatic heterocycles. The van der Waals surface area contributed by atoms with Crippen LogP contribution in [0.25, 0.3) is 0 Å². The summed E-state index contributed by atoms with van der Waals surface area (Å²) < 4.78 is 15.6. The predicted octanol–water partition coefficient (Wildman–Crippen LogP) is 4.40. The number of hydrogen-bond acceptors (Lipinski definition) is 3. The van der Waals surface area contributed by atoms with E-state index in [9.17, 15) is 18.8 Å². The molecule has 0 unspecified atom stereocenters. The average Bonchev–Trinajstić information content (AvgIpc) is 3.48. The summed E-state index contributed by atoms with van der Waals surface area (Å²) in [5.74, 6) is -1.12. The van der Waals surface area contributed by atoms with Crippen LogP contribution in [0.2, 0.25) is 0 Å². The number of ketones is 1. The van der Waals surface area contributed by atoms with Gasteiger partial charge in [-0.15, -0.1) is 0 Å². The summed E-state index contributed by atoms with van der Waals surface area (Å²) in [6, 6.07) is 7.31. The van der Waals surface area contributed by atoms with Gasteiger partial charge in [0.15, 0.2) is 5.78 Å². The van der Waals surface area contributed by atoms with Crippen LogP contribution in [0.1, 0.15) is 72.4 Å². The van der Waals surface area contributed by atoms with Crippen LogP contribution in [0.4, 0.5) is 9.18 Å². The van der Waals surface area contributed by atoms with Crippen molar-refractivity contribution < 1.29 is 18.8 Å². The molecular formula is C24H28FN3O3. The van der Waals surface area contributed by atoms with Gasteiger partial charge in [-0.1, -0.05) is 31.9 Å². The first kappa shape index (κ1) is 21.3. The Morgan fingerprint density at radius 1 is 1.19 bits per heavy atom. The van der Waals surface area contributed by atoms with E-state index in [0.717, 1.165) is 35.6 Å². The number of carbonyl (C=O) groups is 3. The monoisotopic (exact) mass is 425 g/mol. The number of benzene rings is 1. The van der Waals surface area contributed by atoms with Crippen molar-refractivity contribution in [1.29, 1.82) is 0 Å². The number of aryl methyl sites for hydroxylation is 1. The van der Waals surface area contributed by atoms with Gasteiger partial charge in [0.1, 0.15) is 11.4 Å². The summed E-state index contributed by atoms with van der Waals surface area (Å²) in [7, 11) is 0. The number of aromatic nitrogens is 1. The molecule has 1 aliphatic carbocycles. The molecule has 6 nitrogen and oxygen atoms in total. The van der Waals surface area contributed by atoms with Crippen molar-refractivity contribution in [1.82, 2.24) is 14.8 Å². The van der Waals surface area contributed by atoms with Crippen LogP contribution in [-0.2, 0) is 10.3 Å². The summed E-state index contributed by atoms with van der Waals surface area (Å²) in [6.45, 7) is 5.57. The van der Waals surface area contributed by atoms with Gasteiger partial charge < -0.3 is 9.88 Å². The van der Waals surface area contributed by atoms with Crippen LogP contribution in [0.15, 0.2) is 30.3 Å². The summed E-state index contributed by atoms with van der Waals surface area (Å²) >= 11 is 0. The van der Waals surface area contributed by atoms with Crippen molar-refractivity contribution in [2.75, 3.05) is 6.54 Å². The molecule has 2 heterocycles. The molecule has 4 rings (SSSR count). The highest BCUT2D eigenvalue weighted by Crippen LogP contribution is 2.39. The van der Waals surface area contributed by atoms with E-state index in [1.165, 1.54) is 24.3 Å². The maximum Gasteiger partial charge on any atom is 0.325 e. The van der Waals surface area contributed by atoms with Crippen LogP contribution in [-0.4, -0.2) is 33.7 Å². The van der Waals surface area contributed by atoms with Crippen molar-refractivity contribution in [3.05, 3.63) is 58.7 Å². The lowest BCUT2D eigenvalue weighted by molar-refractivity contribution is -0.131. The Hall–Kier alpha value is -2.96. The fraction of sp³-hybridized carbons (Fsp3) is 0.458. The van der Waals surface area contributed by atoms with E-state index in [0.29, 0.717) is 30.0 Å².